The Morgan fingerprint density at radius 2 is 0.792 bits per heavy atom. The highest BCUT2D eigenvalue weighted by Crippen LogP contribution is 2.66. The van der Waals surface area contributed by atoms with Gasteiger partial charge in [-0.3, -0.25) is 0 Å². The van der Waals surface area contributed by atoms with E-state index >= 15 is 0 Å². The molecule has 0 amide bonds. The second-order valence-electron chi connectivity index (χ2n) is 18.9. The number of rotatable bonds is 8. The van der Waals surface area contributed by atoms with Crippen molar-refractivity contribution >= 4 is 11.1 Å². The molecule has 0 saturated heterocycles. The standard InChI is InChI=1S/C53H60/c1-51(2,3)48-33-44-45-34-49(52(4,5)6)43(40-27-17-10-18-28-40)32-47(45)50(46(44)31-42(48)39-25-15-9-16-26-39)53(41-29-19-20-30-41,35-37-21-11-7-12-22-37)36-38-23-13-8-14-24-38/h7-18,21-28,31-34,41,44-47,50H,19-20,29-30,35-36H2,1-6H3. The monoisotopic (exact) mass is 696 g/mol. The smallest absolute Gasteiger partial charge is 0.00919 e. The van der Waals surface area contributed by atoms with Gasteiger partial charge >= 0.3 is 0 Å². The quantitative estimate of drug-likeness (QED) is 0.172. The van der Waals surface area contributed by atoms with Crippen LogP contribution in [-0.4, -0.2) is 0 Å². The first-order valence-electron chi connectivity index (χ1n) is 20.6. The van der Waals surface area contributed by atoms with Crippen molar-refractivity contribution < 1.29 is 0 Å². The summed E-state index contributed by atoms with van der Waals surface area (Å²) >= 11 is 0. The van der Waals surface area contributed by atoms with Crippen LogP contribution in [-0.2, 0) is 12.8 Å². The van der Waals surface area contributed by atoms with Gasteiger partial charge in [-0.15, -0.1) is 0 Å². The molecule has 4 aromatic carbocycles. The van der Waals surface area contributed by atoms with Gasteiger partial charge in [0.1, 0.15) is 0 Å². The maximum absolute atomic E-state index is 2.82. The molecule has 0 bridgehead atoms. The zero-order valence-corrected chi connectivity index (χ0v) is 33.1. The molecule has 4 aliphatic rings. The van der Waals surface area contributed by atoms with Crippen LogP contribution in [0.5, 0.6) is 0 Å². The molecule has 0 radical (unpaired) electrons. The fourth-order valence-corrected chi connectivity index (χ4v) is 11.4. The molecule has 0 heterocycles. The van der Waals surface area contributed by atoms with Gasteiger partial charge in [0.15, 0.2) is 0 Å². The lowest BCUT2D eigenvalue weighted by molar-refractivity contribution is 0.0344. The van der Waals surface area contributed by atoms with Crippen LogP contribution in [0.25, 0.3) is 11.1 Å². The third kappa shape index (κ3) is 6.88. The van der Waals surface area contributed by atoms with Crippen molar-refractivity contribution in [3.63, 3.8) is 0 Å². The van der Waals surface area contributed by atoms with Gasteiger partial charge in [-0.1, -0.05) is 200 Å². The summed E-state index contributed by atoms with van der Waals surface area (Å²) in [6, 6.07) is 45.9. The van der Waals surface area contributed by atoms with Crippen molar-refractivity contribution in [2.45, 2.75) is 80.1 Å². The molecular weight excluding hydrogens is 637 g/mol. The van der Waals surface area contributed by atoms with Crippen molar-refractivity contribution in [2.24, 2.45) is 51.8 Å². The summed E-state index contributed by atoms with van der Waals surface area (Å²) in [6.45, 7) is 14.6. The van der Waals surface area contributed by atoms with E-state index in [1.54, 1.807) is 0 Å². The second kappa shape index (κ2) is 14.2. The van der Waals surface area contributed by atoms with E-state index in [0.29, 0.717) is 35.5 Å². The Labute approximate surface area is 320 Å². The fraction of sp³-hybridized carbons (Fsp3) is 0.396. The van der Waals surface area contributed by atoms with E-state index in [0.717, 1.165) is 12.8 Å². The maximum atomic E-state index is 2.82. The molecule has 8 rings (SSSR count). The summed E-state index contributed by atoms with van der Waals surface area (Å²) in [5, 5.41) is 0. The molecule has 0 aromatic heterocycles. The molecule has 4 atom stereocenters. The first kappa shape index (κ1) is 35.8. The van der Waals surface area contributed by atoms with Crippen molar-refractivity contribution in [3.05, 3.63) is 179 Å². The zero-order valence-electron chi connectivity index (χ0n) is 33.1. The molecule has 2 saturated carbocycles. The van der Waals surface area contributed by atoms with Crippen molar-refractivity contribution in [1.29, 1.82) is 0 Å². The highest BCUT2D eigenvalue weighted by molar-refractivity contribution is 5.84. The topological polar surface area (TPSA) is 0 Å². The van der Waals surface area contributed by atoms with Crippen molar-refractivity contribution in [1.82, 2.24) is 0 Å². The average Bonchev–Trinajstić information content (AvgIpc) is 3.82. The molecule has 4 aliphatic carbocycles. The Kier molecular flexibility index (Phi) is 9.63. The van der Waals surface area contributed by atoms with Crippen LogP contribution in [0.2, 0.25) is 0 Å². The minimum Gasteiger partial charge on any atom is -0.0758 e. The highest BCUT2D eigenvalue weighted by Gasteiger charge is 2.60. The number of fused-ring (bicyclic) bond motifs is 3. The Bertz CT molecular complexity index is 1850. The molecule has 2 fully saturated rings. The lowest BCUT2D eigenvalue weighted by Gasteiger charge is -2.50. The predicted octanol–water partition coefficient (Wildman–Crippen LogP) is 13.9. The van der Waals surface area contributed by atoms with Crippen molar-refractivity contribution in [2.75, 3.05) is 0 Å². The third-order valence-electron chi connectivity index (χ3n) is 13.5. The lowest BCUT2D eigenvalue weighted by atomic mass is 9.54. The SMILES string of the molecule is CC(C)(C)C1=CC2C3C=C(C(C)(C)C)C(c4ccccc4)=CC3C(C(Cc3ccccc3)(Cc3ccccc3)C3CCCC3)C2C=C1c1ccccc1. The van der Waals surface area contributed by atoms with Crippen LogP contribution in [0.4, 0.5) is 0 Å². The molecular formula is C53H60. The Hall–Kier alpha value is -4.16. The average molecular weight is 697 g/mol. The van der Waals surface area contributed by atoms with E-state index in [2.05, 4.69) is 187 Å². The van der Waals surface area contributed by atoms with E-state index in [1.807, 2.05) is 0 Å². The normalized spacial score (nSPS) is 24.8. The van der Waals surface area contributed by atoms with E-state index in [4.69, 9.17) is 0 Å². The number of benzene rings is 4. The highest BCUT2D eigenvalue weighted by atomic mass is 14.6. The van der Waals surface area contributed by atoms with Crippen LogP contribution in [0.1, 0.15) is 89.5 Å². The van der Waals surface area contributed by atoms with Crippen molar-refractivity contribution in [3.8, 4) is 0 Å². The third-order valence-corrected chi connectivity index (χ3v) is 13.5. The van der Waals surface area contributed by atoms with Crippen LogP contribution in [0, 0.1) is 51.8 Å². The zero-order chi connectivity index (χ0) is 36.8. The summed E-state index contributed by atoms with van der Waals surface area (Å²) < 4.78 is 0. The van der Waals surface area contributed by atoms with Gasteiger partial charge in [0, 0.05) is 0 Å². The van der Waals surface area contributed by atoms with Gasteiger partial charge in [-0.2, -0.15) is 0 Å². The maximum Gasteiger partial charge on any atom is -0.00919 e. The van der Waals surface area contributed by atoms with Gasteiger partial charge in [0.05, 0.1) is 0 Å². The van der Waals surface area contributed by atoms with Gasteiger partial charge in [-0.25, -0.2) is 0 Å². The first-order chi connectivity index (χ1) is 25.5. The molecule has 0 nitrogen and oxygen atoms in total. The molecule has 0 N–H and O–H groups in total. The summed E-state index contributed by atoms with van der Waals surface area (Å²) in [7, 11) is 0. The van der Waals surface area contributed by atoms with Gasteiger partial charge in [0.25, 0.3) is 0 Å². The molecule has 4 aromatic rings. The summed E-state index contributed by atoms with van der Waals surface area (Å²) in [6.07, 6.45) is 18.9. The number of hydrogen-bond acceptors (Lipinski definition) is 0. The largest absolute Gasteiger partial charge is 0.0758 e. The number of allylic oxidation sites excluding steroid dienone is 8. The van der Waals surface area contributed by atoms with Gasteiger partial charge in [0.2, 0.25) is 0 Å². The van der Waals surface area contributed by atoms with E-state index in [9.17, 15) is 0 Å². The predicted molar refractivity (Wildman–Crippen MR) is 226 cm³/mol. The van der Waals surface area contributed by atoms with Gasteiger partial charge in [-0.05, 0) is 122 Å². The molecule has 0 aliphatic heterocycles. The second-order valence-corrected chi connectivity index (χ2v) is 18.9. The van der Waals surface area contributed by atoms with Crippen LogP contribution in [0.3, 0.4) is 0 Å². The van der Waals surface area contributed by atoms with Crippen LogP contribution < -0.4 is 0 Å². The minimum atomic E-state index is 0.0348. The molecule has 0 heteroatoms. The van der Waals surface area contributed by atoms with E-state index in [-0.39, 0.29) is 16.2 Å². The van der Waals surface area contributed by atoms with E-state index in [1.165, 1.54) is 70.2 Å². The molecule has 4 unspecified atom stereocenters. The van der Waals surface area contributed by atoms with Gasteiger partial charge < -0.3 is 0 Å². The lowest BCUT2D eigenvalue weighted by Crippen LogP contribution is -2.46. The fourth-order valence-electron chi connectivity index (χ4n) is 11.4. The van der Waals surface area contributed by atoms with Crippen LogP contribution in [0.15, 0.2) is 157 Å². The minimum absolute atomic E-state index is 0.0348. The summed E-state index contributed by atoms with van der Waals surface area (Å²) in [5.74, 6) is 2.92. The van der Waals surface area contributed by atoms with E-state index < -0.39 is 0 Å². The molecule has 272 valence electrons. The molecule has 53 heavy (non-hydrogen) atoms. The Morgan fingerprint density at radius 1 is 0.434 bits per heavy atom. The first-order valence-corrected chi connectivity index (χ1v) is 20.6. The summed E-state index contributed by atoms with van der Waals surface area (Å²) in [4.78, 5) is 0. The summed E-state index contributed by atoms with van der Waals surface area (Å²) in [5.41, 5.74) is 11.9. The Balaban J connectivity index is 1.42. The Morgan fingerprint density at radius 3 is 1.15 bits per heavy atom. The number of hydrogen-bond donors (Lipinski definition) is 0. The van der Waals surface area contributed by atoms with Crippen LogP contribution >= 0.6 is 0 Å². The molecule has 0 spiro atoms.